The molecule has 1 aromatic heterocycles. The second-order valence-electron chi connectivity index (χ2n) is 1.92. The number of carbonyl (C=O) groups excluding carboxylic acids is 1. The van der Waals surface area contributed by atoms with Gasteiger partial charge < -0.3 is 5.32 Å². The highest BCUT2D eigenvalue weighted by molar-refractivity contribution is 14.1. The number of nitrogens with zero attached hydrogens (tertiary/aromatic N) is 1. The van der Waals surface area contributed by atoms with Gasteiger partial charge in [0.05, 0.1) is 11.4 Å². The molecule has 0 saturated carbocycles. The van der Waals surface area contributed by atoms with Gasteiger partial charge in [-0.1, -0.05) is 0 Å². The highest BCUT2D eigenvalue weighted by Crippen LogP contribution is 2.23. The topological polar surface area (TPSA) is 42.0 Å². The van der Waals surface area contributed by atoms with Crippen LogP contribution in [0.4, 0.5) is 0 Å². The molecule has 52 valence electrons. The Morgan fingerprint density at radius 2 is 2.50 bits per heavy atom. The molecule has 0 unspecified atom stereocenters. The highest BCUT2D eigenvalue weighted by atomic mass is 127. The first-order valence-electron chi connectivity index (χ1n) is 2.71. The predicted octanol–water partition coefficient (Wildman–Crippen LogP) is 0.991. The van der Waals surface area contributed by atoms with Crippen LogP contribution in [0.1, 0.15) is 15.4 Å². The quantitative estimate of drug-likeness (QED) is 0.711. The Hall–Kier alpha value is -0.170. The SMILES string of the molecule is O=C1NCc2sc(I)nc21. The summed E-state index contributed by atoms with van der Waals surface area (Å²) in [5.74, 6) is -0.0332. The monoisotopic (exact) mass is 266 g/mol. The molecule has 0 aliphatic carbocycles. The van der Waals surface area contributed by atoms with Gasteiger partial charge in [0.15, 0.2) is 3.01 Å². The maximum atomic E-state index is 10.9. The van der Waals surface area contributed by atoms with Crippen LogP contribution in [0.3, 0.4) is 0 Å². The molecular formula is C5H3IN2OS. The van der Waals surface area contributed by atoms with Gasteiger partial charge in [0, 0.05) is 0 Å². The molecule has 2 rings (SSSR count). The summed E-state index contributed by atoms with van der Waals surface area (Å²) in [4.78, 5) is 16.0. The van der Waals surface area contributed by atoms with Crippen LogP contribution in [0.5, 0.6) is 0 Å². The largest absolute Gasteiger partial charge is 0.346 e. The molecule has 0 bridgehead atoms. The Morgan fingerprint density at radius 3 is 3.20 bits per heavy atom. The molecule has 0 fully saturated rings. The standard InChI is InChI=1S/C5H3IN2OS/c6-5-8-3-2(10-5)1-7-4(3)9/h1H2,(H,7,9). The summed E-state index contributed by atoms with van der Waals surface area (Å²) in [7, 11) is 0. The third-order valence-corrected chi connectivity index (χ3v) is 3.04. The summed E-state index contributed by atoms with van der Waals surface area (Å²) in [6.07, 6.45) is 0. The molecule has 2 heterocycles. The Balaban J connectivity index is 2.59. The van der Waals surface area contributed by atoms with E-state index in [0.717, 1.165) is 7.89 Å². The van der Waals surface area contributed by atoms with Gasteiger partial charge in [0.2, 0.25) is 0 Å². The minimum Gasteiger partial charge on any atom is -0.346 e. The Bertz CT molecular complexity index is 296. The number of nitrogens with one attached hydrogen (secondary N) is 1. The van der Waals surface area contributed by atoms with Crippen LogP contribution in [-0.4, -0.2) is 10.9 Å². The maximum absolute atomic E-state index is 10.9. The van der Waals surface area contributed by atoms with Crippen LogP contribution >= 0.6 is 33.9 Å². The minimum absolute atomic E-state index is 0.0332. The average Bonchev–Trinajstić information content (AvgIpc) is 2.35. The Labute approximate surface area is 75.0 Å². The van der Waals surface area contributed by atoms with Gasteiger partial charge in [0.1, 0.15) is 5.69 Å². The van der Waals surface area contributed by atoms with Gasteiger partial charge in [-0.05, 0) is 22.6 Å². The number of aromatic nitrogens is 1. The van der Waals surface area contributed by atoms with Crippen molar-refractivity contribution in [1.82, 2.24) is 10.3 Å². The molecule has 1 amide bonds. The van der Waals surface area contributed by atoms with Gasteiger partial charge in [-0.3, -0.25) is 4.79 Å². The Morgan fingerprint density at radius 1 is 1.70 bits per heavy atom. The van der Waals surface area contributed by atoms with Crippen LogP contribution in [0.25, 0.3) is 0 Å². The lowest BCUT2D eigenvalue weighted by atomic mass is 10.4. The summed E-state index contributed by atoms with van der Waals surface area (Å²) in [5, 5.41) is 2.70. The number of hydrogen-bond donors (Lipinski definition) is 1. The molecule has 1 N–H and O–H groups in total. The van der Waals surface area contributed by atoms with Crippen LogP contribution < -0.4 is 5.32 Å². The van der Waals surface area contributed by atoms with E-state index in [1.807, 2.05) is 0 Å². The van der Waals surface area contributed by atoms with Crippen molar-refractivity contribution < 1.29 is 4.79 Å². The van der Waals surface area contributed by atoms with Crippen LogP contribution in [0, 0.1) is 3.01 Å². The molecule has 0 radical (unpaired) electrons. The van der Waals surface area contributed by atoms with Crippen molar-refractivity contribution in [2.75, 3.05) is 0 Å². The van der Waals surface area contributed by atoms with Crippen LogP contribution in [0.2, 0.25) is 0 Å². The molecule has 0 spiro atoms. The van der Waals surface area contributed by atoms with Crippen molar-refractivity contribution in [1.29, 1.82) is 0 Å². The molecule has 1 aliphatic rings. The van der Waals surface area contributed by atoms with Crippen molar-refractivity contribution in [2.24, 2.45) is 0 Å². The van der Waals surface area contributed by atoms with Crippen molar-refractivity contribution in [3.8, 4) is 0 Å². The van der Waals surface area contributed by atoms with Crippen LogP contribution in [-0.2, 0) is 6.54 Å². The summed E-state index contributed by atoms with van der Waals surface area (Å²) in [5.41, 5.74) is 0.620. The molecule has 3 nitrogen and oxygen atoms in total. The maximum Gasteiger partial charge on any atom is 0.271 e. The number of fused-ring (bicyclic) bond motifs is 1. The summed E-state index contributed by atoms with van der Waals surface area (Å²) >= 11 is 3.69. The van der Waals surface area contributed by atoms with E-state index in [9.17, 15) is 4.79 Å². The van der Waals surface area contributed by atoms with Crippen molar-refractivity contribution in [3.63, 3.8) is 0 Å². The number of hydrogen-bond acceptors (Lipinski definition) is 3. The van der Waals surface area contributed by atoms with Gasteiger partial charge in [-0.2, -0.15) is 0 Å². The number of rotatable bonds is 0. The van der Waals surface area contributed by atoms with E-state index in [1.165, 1.54) is 0 Å². The smallest absolute Gasteiger partial charge is 0.271 e. The van der Waals surface area contributed by atoms with Gasteiger partial charge in [0.25, 0.3) is 5.91 Å². The fourth-order valence-electron chi connectivity index (χ4n) is 0.865. The number of carbonyl (C=O) groups is 1. The van der Waals surface area contributed by atoms with Crippen molar-refractivity contribution >= 4 is 39.8 Å². The van der Waals surface area contributed by atoms with Gasteiger partial charge >= 0.3 is 0 Å². The lowest BCUT2D eigenvalue weighted by Crippen LogP contribution is -2.13. The molecule has 0 saturated heterocycles. The first-order chi connectivity index (χ1) is 4.77. The molecular weight excluding hydrogens is 263 g/mol. The van der Waals surface area contributed by atoms with E-state index in [-0.39, 0.29) is 5.91 Å². The minimum atomic E-state index is -0.0332. The zero-order valence-electron chi connectivity index (χ0n) is 4.85. The number of halogens is 1. The molecule has 5 heteroatoms. The molecule has 0 atom stereocenters. The fraction of sp³-hybridized carbons (Fsp3) is 0.200. The number of amides is 1. The van der Waals surface area contributed by atoms with Gasteiger partial charge in [-0.25, -0.2) is 4.98 Å². The second-order valence-corrected chi connectivity index (χ2v) is 4.76. The van der Waals surface area contributed by atoms with E-state index in [0.29, 0.717) is 12.2 Å². The fourth-order valence-corrected chi connectivity index (χ4v) is 2.62. The molecule has 10 heavy (non-hydrogen) atoms. The highest BCUT2D eigenvalue weighted by Gasteiger charge is 2.22. The second kappa shape index (κ2) is 2.16. The summed E-state index contributed by atoms with van der Waals surface area (Å²) in [6.45, 7) is 0.662. The average molecular weight is 266 g/mol. The van der Waals surface area contributed by atoms with E-state index in [4.69, 9.17) is 0 Å². The van der Waals surface area contributed by atoms with E-state index < -0.39 is 0 Å². The predicted molar refractivity (Wildman–Crippen MR) is 46.0 cm³/mol. The van der Waals surface area contributed by atoms with E-state index >= 15 is 0 Å². The summed E-state index contributed by atoms with van der Waals surface area (Å²) in [6, 6.07) is 0. The molecule has 0 aromatic carbocycles. The van der Waals surface area contributed by atoms with Crippen molar-refractivity contribution in [2.45, 2.75) is 6.54 Å². The van der Waals surface area contributed by atoms with Crippen LogP contribution in [0.15, 0.2) is 0 Å². The molecule has 1 aliphatic heterocycles. The van der Waals surface area contributed by atoms with Gasteiger partial charge in [-0.15, -0.1) is 11.3 Å². The zero-order valence-corrected chi connectivity index (χ0v) is 7.82. The third-order valence-electron chi connectivity index (χ3n) is 1.30. The lowest BCUT2D eigenvalue weighted by molar-refractivity contribution is 0.0961. The third kappa shape index (κ3) is 0.842. The lowest BCUT2D eigenvalue weighted by Gasteiger charge is -1.85. The summed E-state index contributed by atoms with van der Waals surface area (Å²) < 4.78 is 0.942. The molecule has 1 aromatic rings. The zero-order chi connectivity index (χ0) is 7.14. The first-order valence-corrected chi connectivity index (χ1v) is 4.60. The van der Waals surface area contributed by atoms with E-state index in [2.05, 4.69) is 32.9 Å². The van der Waals surface area contributed by atoms with Crippen molar-refractivity contribution in [3.05, 3.63) is 13.6 Å². The number of thiazole rings is 1. The normalized spacial score (nSPS) is 15.1. The van der Waals surface area contributed by atoms with E-state index in [1.54, 1.807) is 11.3 Å². The first kappa shape index (κ1) is 6.53. The Kier molecular flexibility index (Phi) is 1.41.